The van der Waals surface area contributed by atoms with E-state index in [9.17, 15) is 0 Å². The molecule has 0 bridgehead atoms. The number of hydrogen-bond acceptors (Lipinski definition) is 3. The summed E-state index contributed by atoms with van der Waals surface area (Å²) >= 11 is 0. The summed E-state index contributed by atoms with van der Waals surface area (Å²) in [7, 11) is 4.15. The van der Waals surface area contributed by atoms with E-state index in [-0.39, 0.29) is 11.5 Å². The van der Waals surface area contributed by atoms with Crippen LogP contribution in [0.25, 0.3) is 6.08 Å². The zero-order valence-electron chi connectivity index (χ0n) is 16.4. The Morgan fingerprint density at radius 3 is 2.65 bits per heavy atom. The molecule has 0 aromatic heterocycles. The molecule has 2 aromatic rings. The molecule has 3 nitrogen and oxygen atoms in total. The minimum atomic E-state index is 0.0625. The van der Waals surface area contributed by atoms with E-state index in [1.54, 1.807) is 0 Å². The average molecular weight is 348 g/mol. The molecular formula is C23H28N2O. The van der Waals surface area contributed by atoms with Gasteiger partial charge in [-0.15, -0.1) is 0 Å². The van der Waals surface area contributed by atoms with Crippen LogP contribution in [0.15, 0.2) is 48.5 Å². The number of hydrogen-bond donors (Lipinski definition) is 0. The first-order valence-corrected chi connectivity index (χ1v) is 9.38. The second-order valence-corrected chi connectivity index (χ2v) is 8.32. The summed E-state index contributed by atoms with van der Waals surface area (Å²) in [5.41, 5.74) is 6.45. The van der Waals surface area contributed by atoms with Crippen molar-refractivity contribution in [1.29, 1.82) is 0 Å². The highest BCUT2D eigenvalue weighted by Gasteiger charge is 2.52. The second kappa shape index (κ2) is 6.17. The van der Waals surface area contributed by atoms with Crippen LogP contribution in [-0.2, 0) is 11.3 Å². The predicted molar refractivity (Wildman–Crippen MR) is 110 cm³/mol. The van der Waals surface area contributed by atoms with Gasteiger partial charge in [0.2, 0.25) is 0 Å². The molecule has 0 radical (unpaired) electrons. The fourth-order valence-corrected chi connectivity index (χ4v) is 4.10. The largest absolute Gasteiger partial charge is 0.378 e. The van der Waals surface area contributed by atoms with Crippen molar-refractivity contribution in [2.24, 2.45) is 5.41 Å². The van der Waals surface area contributed by atoms with Gasteiger partial charge >= 0.3 is 0 Å². The average Bonchev–Trinajstić information content (AvgIpc) is 3.09. The highest BCUT2D eigenvalue weighted by Crippen LogP contribution is 2.48. The molecule has 26 heavy (non-hydrogen) atoms. The summed E-state index contributed by atoms with van der Waals surface area (Å²) in [6.45, 7) is 6.81. The van der Waals surface area contributed by atoms with Gasteiger partial charge < -0.3 is 4.90 Å². The minimum Gasteiger partial charge on any atom is -0.378 e. The highest BCUT2D eigenvalue weighted by molar-refractivity contribution is 5.62. The molecule has 2 aliphatic heterocycles. The Morgan fingerprint density at radius 2 is 1.92 bits per heavy atom. The van der Waals surface area contributed by atoms with Crippen LogP contribution in [0.1, 0.15) is 30.5 Å². The number of hydroxylamine groups is 1. The minimum absolute atomic E-state index is 0.0625. The Bertz CT molecular complexity index is 853. The van der Waals surface area contributed by atoms with Gasteiger partial charge in [0.1, 0.15) is 6.10 Å². The van der Waals surface area contributed by atoms with Crippen molar-refractivity contribution in [3.05, 3.63) is 65.2 Å². The zero-order valence-corrected chi connectivity index (χ0v) is 16.4. The summed E-state index contributed by atoms with van der Waals surface area (Å²) in [5.74, 6) is 0. The first kappa shape index (κ1) is 17.2. The van der Waals surface area contributed by atoms with Gasteiger partial charge in [-0.25, -0.2) is 5.06 Å². The molecule has 0 spiro atoms. The maximum Gasteiger partial charge on any atom is 0.111 e. The molecule has 2 unspecified atom stereocenters. The SMILES string of the molecule is Cc1cc(N(C)C)ccc1C=CC1ON2c3ccccc3CC2C1(C)C. The third-order valence-electron chi connectivity index (χ3n) is 5.97. The van der Waals surface area contributed by atoms with E-state index in [0.717, 1.165) is 6.42 Å². The van der Waals surface area contributed by atoms with Crippen LogP contribution in [-0.4, -0.2) is 26.2 Å². The van der Waals surface area contributed by atoms with Crippen molar-refractivity contribution >= 4 is 17.5 Å². The molecule has 2 aliphatic rings. The lowest BCUT2D eigenvalue weighted by molar-refractivity contribution is 0.0849. The topological polar surface area (TPSA) is 15.7 Å². The molecule has 1 fully saturated rings. The first-order valence-electron chi connectivity index (χ1n) is 9.38. The number of aryl methyl sites for hydroxylation is 1. The fraction of sp³-hybridized carbons (Fsp3) is 0.391. The highest BCUT2D eigenvalue weighted by atomic mass is 16.7. The Balaban J connectivity index is 1.57. The number of rotatable bonds is 3. The van der Waals surface area contributed by atoms with Crippen molar-refractivity contribution in [3.63, 3.8) is 0 Å². The molecule has 0 N–H and O–H groups in total. The Kier molecular flexibility index (Phi) is 4.07. The predicted octanol–water partition coefficient (Wildman–Crippen LogP) is 4.85. The van der Waals surface area contributed by atoms with Crippen LogP contribution in [0.5, 0.6) is 0 Å². The second-order valence-electron chi connectivity index (χ2n) is 8.32. The summed E-state index contributed by atoms with van der Waals surface area (Å²) < 4.78 is 0. The van der Waals surface area contributed by atoms with Gasteiger partial charge in [0.25, 0.3) is 0 Å². The molecule has 136 valence electrons. The van der Waals surface area contributed by atoms with Crippen molar-refractivity contribution < 1.29 is 4.84 Å². The van der Waals surface area contributed by atoms with Crippen LogP contribution in [0.4, 0.5) is 11.4 Å². The molecule has 1 saturated heterocycles. The summed E-state index contributed by atoms with van der Waals surface area (Å²) in [4.78, 5) is 8.52. The number of fused-ring (bicyclic) bond motifs is 3. The molecule has 0 amide bonds. The lowest BCUT2D eigenvalue weighted by atomic mass is 9.78. The van der Waals surface area contributed by atoms with Crippen molar-refractivity contribution in [3.8, 4) is 0 Å². The van der Waals surface area contributed by atoms with Crippen molar-refractivity contribution in [1.82, 2.24) is 0 Å². The first-order chi connectivity index (χ1) is 12.4. The van der Waals surface area contributed by atoms with Gasteiger partial charge in [0, 0.05) is 25.2 Å². The van der Waals surface area contributed by atoms with E-state index in [1.807, 2.05) is 0 Å². The van der Waals surface area contributed by atoms with Gasteiger partial charge in [0.15, 0.2) is 0 Å². The van der Waals surface area contributed by atoms with Gasteiger partial charge in [-0.2, -0.15) is 0 Å². The van der Waals surface area contributed by atoms with Gasteiger partial charge in [-0.1, -0.05) is 50.3 Å². The molecule has 0 saturated carbocycles. The summed E-state index contributed by atoms with van der Waals surface area (Å²) in [6, 6.07) is 15.6. The standard InChI is InChI=1S/C23H28N2O/c1-16-14-19(24(4)5)12-10-17(16)11-13-22-23(2,3)21-15-18-8-6-7-9-20(18)25(21)26-22/h6-14,21-22H,15H2,1-5H3. The number of anilines is 2. The van der Waals surface area contributed by atoms with Crippen molar-refractivity contribution in [2.45, 2.75) is 39.3 Å². The Labute approximate surface area is 156 Å². The van der Waals surface area contributed by atoms with E-state index in [1.165, 1.54) is 28.1 Å². The van der Waals surface area contributed by atoms with Crippen LogP contribution < -0.4 is 9.96 Å². The van der Waals surface area contributed by atoms with E-state index in [4.69, 9.17) is 4.84 Å². The van der Waals surface area contributed by atoms with E-state index in [2.05, 4.69) is 99.4 Å². The van der Waals surface area contributed by atoms with Crippen LogP contribution in [0.2, 0.25) is 0 Å². The number of benzene rings is 2. The molecular weight excluding hydrogens is 320 g/mol. The van der Waals surface area contributed by atoms with Crippen LogP contribution in [0.3, 0.4) is 0 Å². The van der Waals surface area contributed by atoms with E-state index < -0.39 is 0 Å². The van der Waals surface area contributed by atoms with Crippen LogP contribution >= 0.6 is 0 Å². The maximum atomic E-state index is 6.39. The maximum absolute atomic E-state index is 6.39. The third-order valence-corrected chi connectivity index (χ3v) is 5.97. The lowest BCUT2D eigenvalue weighted by Gasteiger charge is -2.26. The van der Waals surface area contributed by atoms with E-state index in [0.29, 0.717) is 6.04 Å². The molecule has 0 aliphatic carbocycles. The normalized spacial score (nSPS) is 23.3. The monoisotopic (exact) mass is 348 g/mol. The Hall–Kier alpha value is -2.26. The van der Waals surface area contributed by atoms with Gasteiger partial charge in [-0.3, -0.25) is 4.84 Å². The van der Waals surface area contributed by atoms with Crippen molar-refractivity contribution in [2.75, 3.05) is 24.1 Å². The summed E-state index contributed by atoms with van der Waals surface area (Å²) in [6.07, 6.45) is 5.59. The molecule has 4 rings (SSSR count). The molecule has 2 aromatic carbocycles. The molecule has 3 heteroatoms. The Morgan fingerprint density at radius 1 is 1.15 bits per heavy atom. The molecule has 2 heterocycles. The third kappa shape index (κ3) is 2.71. The number of para-hydroxylation sites is 1. The quantitative estimate of drug-likeness (QED) is 0.789. The van der Waals surface area contributed by atoms with Gasteiger partial charge in [0.05, 0.1) is 11.7 Å². The van der Waals surface area contributed by atoms with E-state index >= 15 is 0 Å². The summed E-state index contributed by atoms with van der Waals surface area (Å²) in [5, 5.41) is 2.15. The van der Waals surface area contributed by atoms with Gasteiger partial charge in [-0.05, 0) is 48.2 Å². The number of nitrogens with zero attached hydrogens (tertiary/aromatic N) is 2. The lowest BCUT2D eigenvalue weighted by Crippen LogP contribution is -2.36. The smallest absolute Gasteiger partial charge is 0.111 e. The fourth-order valence-electron chi connectivity index (χ4n) is 4.10. The molecule has 2 atom stereocenters. The van der Waals surface area contributed by atoms with Crippen LogP contribution in [0, 0.1) is 12.3 Å². The zero-order chi connectivity index (χ0) is 18.5.